The first-order valence-corrected chi connectivity index (χ1v) is 10.5. The van der Waals surface area contributed by atoms with Gasteiger partial charge in [0.2, 0.25) is 11.2 Å². The van der Waals surface area contributed by atoms with Gasteiger partial charge in [0, 0.05) is 12.6 Å². The van der Waals surface area contributed by atoms with Crippen LogP contribution in [-0.2, 0) is 12.7 Å². The molecule has 4 rings (SSSR count). The Morgan fingerprint density at radius 3 is 2.55 bits per heavy atom. The van der Waals surface area contributed by atoms with Crippen LogP contribution in [-0.4, -0.2) is 22.6 Å². The maximum Gasteiger partial charge on any atom is 0.450 e. The molecular weight excluding hydrogens is 407 g/mol. The Labute approximate surface area is 177 Å². The van der Waals surface area contributed by atoms with Crippen molar-refractivity contribution in [1.82, 2.24) is 4.90 Å². The molecule has 0 aliphatic carbocycles. The van der Waals surface area contributed by atoms with E-state index in [1.54, 1.807) is 18.2 Å². The van der Waals surface area contributed by atoms with Gasteiger partial charge >= 0.3 is 6.18 Å². The average molecular weight is 431 g/mol. The van der Waals surface area contributed by atoms with E-state index in [1.807, 2.05) is 0 Å². The highest BCUT2D eigenvalue weighted by Crippen LogP contribution is 2.39. The van der Waals surface area contributed by atoms with Crippen molar-refractivity contribution < 1.29 is 22.7 Å². The number of hydrogen-bond donors (Lipinski definition) is 1. The topological polar surface area (TPSA) is 53.7 Å². The first-order chi connectivity index (χ1) is 14.8. The van der Waals surface area contributed by atoms with E-state index in [0.29, 0.717) is 0 Å². The summed E-state index contributed by atoms with van der Waals surface area (Å²) in [5.74, 6) is -1.51. The molecule has 1 fully saturated rings. The third-order valence-electron chi connectivity index (χ3n) is 6.04. The normalized spacial score (nSPS) is 17.9. The monoisotopic (exact) mass is 431 g/mol. The van der Waals surface area contributed by atoms with Crippen LogP contribution in [0.1, 0.15) is 43.9 Å². The third kappa shape index (κ3) is 4.06. The second kappa shape index (κ2) is 8.38. The molecule has 1 aromatic heterocycles. The number of benzene rings is 2. The lowest BCUT2D eigenvalue weighted by Crippen LogP contribution is -2.38. The van der Waals surface area contributed by atoms with E-state index in [1.165, 1.54) is 24.3 Å². The van der Waals surface area contributed by atoms with Crippen LogP contribution in [0, 0.1) is 0 Å². The number of hydrogen-bond acceptors (Lipinski definition) is 4. The number of likely N-dealkylation sites (tertiary alicyclic amines) is 1. The average Bonchev–Trinajstić information content (AvgIpc) is 2.75. The minimum atomic E-state index is -4.86. The van der Waals surface area contributed by atoms with E-state index in [4.69, 9.17) is 4.42 Å². The highest BCUT2D eigenvalue weighted by molar-refractivity contribution is 5.86. The molecule has 0 saturated carbocycles. The minimum Gasteiger partial charge on any atom is -0.507 e. The summed E-state index contributed by atoms with van der Waals surface area (Å²) >= 11 is 0. The summed E-state index contributed by atoms with van der Waals surface area (Å²) in [5.41, 5.74) is -1.10. The van der Waals surface area contributed by atoms with Gasteiger partial charge in [0.05, 0.1) is 16.5 Å². The molecule has 2 aromatic carbocycles. The Morgan fingerprint density at radius 2 is 1.87 bits per heavy atom. The predicted octanol–water partition coefficient (Wildman–Crippen LogP) is 5.95. The Bertz CT molecular complexity index is 1140. The minimum absolute atomic E-state index is 0.0321. The summed E-state index contributed by atoms with van der Waals surface area (Å²) in [6, 6.07) is 10.7. The van der Waals surface area contributed by atoms with E-state index >= 15 is 0 Å². The van der Waals surface area contributed by atoms with E-state index < -0.39 is 22.9 Å². The van der Waals surface area contributed by atoms with E-state index in [9.17, 15) is 23.1 Å². The molecule has 1 atom stereocenters. The molecule has 1 aliphatic heterocycles. The van der Waals surface area contributed by atoms with Crippen LogP contribution in [0.25, 0.3) is 22.1 Å². The molecule has 1 saturated heterocycles. The number of rotatable bonds is 4. The van der Waals surface area contributed by atoms with Gasteiger partial charge in [-0.3, -0.25) is 9.69 Å². The van der Waals surface area contributed by atoms with Crippen molar-refractivity contribution in [1.29, 1.82) is 0 Å². The molecule has 164 valence electrons. The van der Waals surface area contributed by atoms with Gasteiger partial charge in [-0.1, -0.05) is 43.7 Å². The van der Waals surface area contributed by atoms with Gasteiger partial charge in [0.15, 0.2) is 0 Å². The molecule has 2 heterocycles. The highest BCUT2D eigenvalue weighted by atomic mass is 19.4. The lowest BCUT2D eigenvalue weighted by molar-refractivity contribution is -0.152. The van der Waals surface area contributed by atoms with Crippen LogP contribution in [0.2, 0.25) is 0 Å². The third-order valence-corrected chi connectivity index (χ3v) is 6.04. The van der Waals surface area contributed by atoms with Crippen molar-refractivity contribution in [3.8, 4) is 16.9 Å². The van der Waals surface area contributed by atoms with Crippen molar-refractivity contribution in [2.45, 2.75) is 51.4 Å². The Morgan fingerprint density at radius 1 is 1.13 bits per heavy atom. The fourth-order valence-electron chi connectivity index (χ4n) is 4.46. The molecule has 0 bridgehead atoms. The number of phenolic OH excluding ortho intramolecular Hbond substituents is 1. The van der Waals surface area contributed by atoms with Crippen molar-refractivity contribution in [3.05, 3.63) is 64.0 Å². The maximum atomic E-state index is 13.9. The summed E-state index contributed by atoms with van der Waals surface area (Å²) in [7, 11) is 0. The maximum absolute atomic E-state index is 13.9. The molecular formula is C24H24F3NO3. The van der Waals surface area contributed by atoms with Crippen LogP contribution in [0.5, 0.6) is 5.75 Å². The largest absolute Gasteiger partial charge is 0.507 e. The molecule has 7 heteroatoms. The molecule has 0 unspecified atom stereocenters. The van der Waals surface area contributed by atoms with Crippen LogP contribution in [0.4, 0.5) is 13.2 Å². The molecule has 4 nitrogen and oxygen atoms in total. The summed E-state index contributed by atoms with van der Waals surface area (Å²) in [4.78, 5) is 15.4. The van der Waals surface area contributed by atoms with Crippen LogP contribution in [0.15, 0.2) is 51.7 Å². The fourth-order valence-corrected chi connectivity index (χ4v) is 4.46. The predicted molar refractivity (Wildman–Crippen MR) is 113 cm³/mol. The van der Waals surface area contributed by atoms with Gasteiger partial charge in [-0.05, 0) is 43.5 Å². The number of piperidine rings is 1. The summed E-state index contributed by atoms with van der Waals surface area (Å²) in [6.07, 6.45) is -0.875. The van der Waals surface area contributed by atoms with Crippen molar-refractivity contribution in [2.75, 3.05) is 6.54 Å². The zero-order chi connectivity index (χ0) is 22.2. The van der Waals surface area contributed by atoms with Gasteiger partial charge in [-0.2, -0.15) is 13.2 Å². The zero-order valence-electron chi connectivity index (χ0n) is 17.2. The zero-order valence-corrected chi connectivity index (χ0v) is 17.2. The number of alkyl halides is 3. The molecule has 1 aliphatic rings. The van der Waals surface area contributed by atoms with Crippen molar-refractivity contribution in [2.24, 2.45) is 0 Å². The second-order valence-electron chi connectivity index (χ2n) is 7.97. The Kier molecular flexibility index (Phi) is 5.79. The Hall–Kier alpha value is -2.80. The SMILES string of the molecule is CC[C@@H]1CCCCN1Cc1c(O)ccc2c(=O)c(-c3ccccc3)c(C(F)(F)F)oc12. The summed E-state index contributed by atoms with van der Waals surface area (Å²) in [6.45, 7) is 3.08. The van der Waals surface area contributed by atoms with Crippen molar-refractivity contribution in [3.63, 3.8) is 0 Å². The lowest BCUT2D eigenvalue weighted by Gasteiger charge is -2.35. The number of aromatic hydroxyl groups is 1. The van der Waals surface area contributed by atoms with Gasteiger partial charge < -0.3 is 9.52 Å². The smallest absolute Gasteiger partial charge is 0.450 e. The quantitative estimate of drug-likeness (QED) is 0.555. The number of halogens is 3. The van der Waals surface area contributed by atoms with Gasteiger partial charge in [0.25, 0.3) is 0 Å². The molecule has 31 heavy (non-hydrogen) atoms. The first-order valence-electron chi connectivity index (χ1n) is 10.5. The van der Waals surface area contributed by atoms with Gasteiger partial charge in [-0.15, -0.1) is 0 Å². The van der Waals surface area contributed by atoms with Crippen LogP contribution >= 0.6 is 0 Å². The Balaban J connectivity index is 1.94. The van der Waals surface area contributed by atoms with Gasteiger partial charge in [0.1, 0.15) is 11.3 Å². The van der Waals surface area contributed by atoms with E-state index in [-0.39, 0.29) is 40.4 Å². The molecule has 1 N–H and O–H groups in total. The lowest BCUT2D eigenvalue weighted by atomic mass is 9.97. The van der Waals surface area contributed by atoms with Crippen LogP contribution in [0.3, 0.4) is 0 Å². The molecule has 0 spiro atoms. The number of phenols is 1. The van der Waals surface area contributed by atoms with Crippen molar-refractivity contribution >= 4 is 11.0 Å². The fraction of sp³-hybridized carbons (Fsp3) is 0.375. The van der Waals surface area contributed by atoms with E-state index in [2.05, 4.69) is 11.8 Å². The summed E-state index contributed by atoms with van der Waals surface area (Å²) < 4.78 is 47.2. The summed E-state index contributed by atoms with van der Waals surface area (Å²) in [5, 5.41) is 10.5. The van der Waals surface area contributed by atoms with Gasteiger partial charge in [-0.25, -0.2) is 0 Å². The molecule has 0 amide bonds. The molecule has 3 aromatic rings. The first kappa shape index (κ1) is 21.4. The molecule has 0 radical (unpaired) electrons. The number of fused-ring (bicyclic) bond motifs is 1. The standard InChI is InChI=1S/C24H24F3NO3/c1-2-16-10-6-7-13-28(16)14-18-19(29)12-11-17-21(30)20(15-8-4-3-5-9-15)23(24(25,26)27)31-22(17)18/h3-5,8-9,11-12,16,29H,2,6-7,10,13-14H2,1H3/t16-/m1/s1. The van der Waals surface area contributed by atoms with Crippen LogP contribution < -0.4 is 5.43 Å². The van der Waals surface area contributed by atoms with E-state index in [0.717, 1.165) is 32.2 Å². The highest BCUT2D eigenvalue weighted by Gasteiger charge is 2.40. The number of nitrogens with zero attached hydrogens (tertiary/aromatic N) is 1. The second-order valence-corrected chi connectivity index (χ2v) is 7.97.